The highest BCUT2D eigenvalue weighted by Gasteiger charge is 2.17. The molecule has 0 unspecified atom stereocenters. The fraction of sp³-hybridized carbons (Fsp3) is 0. The summed E-state index contributed by atoms with van der Waals surface area (Å²) in [5, 5.41) is 16.7. The highest BCUT2D eigenvalue weighted by Crippen LogP contribution is 2.40. The van der Waals surface area contributed by atoms with Crippen molar-refractivity contribution in [3.8, 4) is 62.5 Å². The monoisotopic (exact) mass is 636 g/mol. The summed E-state index contributed by atoms with van der Waals surface area (Å²) in [5.74, 6) is 1.80. The summed E-state index contributed by atoms with van der Waals surface area (Å²) in [5.41, 5.74) is 7.65. The Kier molecular flexibility index (Phi) is 7.15. The van der Waals surface area contributed by atoms with Crippen LogP contribution in [0, 0.1) is 11.3 Å². The van der Waals surface area contributed by atoms with Gasteiger partial charge in [0, 0.05) is 16.7 Å². The third-order valence-corrected chi connectivity index (χ3v) is 9.36. The van der Waals surface area contributed by atoms with Gasteiger partial charge in [-0.1, -0.05) is 152 Å². The largest absolute Gasteiger partial charge is 0.208 e. The summed E-state index contributed by atoms with van der Waals surface area (Å²) in [6, 6.07) is 60.6. The van der Waals surface area contributed by atoms with E-state index in [4.69, 9.17) is 15.0 Å². The molecule has 9 aromatic rings. The van der Waals surface area contributed by atoms with Gasteiger partial charge in [0.1, 0.15) is 0 Å². The number of hydrogen-bond acceptors (Lipinski definition) is 4. The maximum absolute atomic E-state index is 9.35. The molecule has 232 valence electrons. The second kappa shape index (κ2) is 12.2. The lowest BCUT2D eigenvalue weighted by Gasteiger charge is -2.15. The van der Waals surface area contributed by atoms with Crippen LogP contribution in [0.1, 0.15) is 5.56 Å². The standard InChI is InChI=1S/C46H28N4/c47-29-30-18-20-32(21-19-30)37-14-8-9-17-41(37)46-49-44(34-11-2-1-3-12-34)48-45(50-46)35-24-22-33(23-25-35)43-39-16-7-5-13-36(39)28-42-38-15-6-4-10-31(38)26-27-40(42)43/h1-28H. The summed E-state index contributed by atoms with van der Waals surface area (Å²) in [6.45, 7) is 0. The molecule has 0 fully saturated rings. The van der Waals surface area contributed by atoms with Crippen molar-refractivity contribution in [2.45, 2.75) is 0 Å². The molecule has 0 bridgehead atoms. The Morgan fingerprint density at radius 2 is 0.920 bits per heavy atom. The molecule has 0 aliphatic rings. The Labute approximate surface area is 289 Å². The Morgan fingerprint density at radius 3 is 1.66 bits per heavy atom. The van der Waals surface area contributed by atoms with Gasteiger partial charge in [-0.15, -0.1) is 0 Å². The second-order valence-corrected chi connectivity index (χ2v) is 12.3. The van der Waals surface area contributed by atoms with E-state index in [1.807, 2.05) is 72.8 Å². The SMILES string of the molecule is N#Cc1ccc(-c2ccccc2-c2nc(-c3ccccc3)nc(-c3ccc(-c4c5ccccc5cc5c4ccc4ccccc45)cc3)n2)cc1. The molecule has 9 rings (SSSR count). The molecule has 0 saturated heterocycles. The fourth-order valence-corrected chi connectivity index (χ4v) is 6.91. The van der Waals surface area contributed by atoms with Crippen molar-refractivity contribution in [2.24, 2.45) is 0 Å². The average Bonchev–Trinajstić information content (AvgIpc) is 3.20. The van der Waals surface area contributed by atoms with Gasteiger partial charge < -0.3 is 0 Å². The zero-order chi connectivity index (χ0) is 33.4. The fourth-order valence-electron chi connectivity index (χ4n) is 6.91. The molecule has 0 spiro atoms. The van der Waals surface area contributed by atoms with Crippen molar-refractivity contribution in [3.63, 3.8) is 0 Å². The van der Waals surface area contributed by atoms with Crippen LogP contribution in [0.15, 0.2) is 170 Å². The summed E-state index contributed by atoms with van der Waals surface area (Å²) in [7, 11) is 0. The molecule has 8 aromatic carbocycles. The smallest absolute Gasteiger partial charge is 0.164 e. The first-order valence-corrected chi connectivity index (χ1v) is 16.6. The van der Waals surface area contributed by atoms with Crippen molar-refractivity contribution in [1.82, 2.24) is 15.0 Å². The number of hydrogen-bond donors (Lipinski definition) is 0. The van der Waals surface area contributed by atoms with Crippen molar-refractivity contribution in [3.05, 3.63) is 175 Å². The van der Waals surface area contributed by atoms with Crippen LogP contribution in [0.3, 0.4) is 0 Å². The van der Waals surface area contributed by atoms with E-state index >= 15 is 0 Å². The van der Waals surface area contributed by atoms with Gasteiger partial charge in [0.05, 0.1) is 11.6 Å². The average molecular weight is 637 g/mol. The highest BCUT2D eigenvalue weighted by atomic mass is 15.0. The van der Waals surface area contributed by atoms with Crippen molar-refractivity contribution < 1.29 is 0 Å². The Bertz CT molecular complexity index is 2740. The summed E-state index contributed by atoms with van der Waals surface area (Å²) >= 11 is 0. The van der Waals surface area contributed by atoms with E-state index < -0.39 is 0 Å². The number of rotatable bonds is 5. The highest BCUT2D eigenvalue weighted by molar-refractivity contribution is 6.20. The third kappa shape index (κ3) is 5.15. The van der Waals surface area contributed by atoms with Gasteiger partial charge in [0.25, 0.3) is 0 Å². The van der Waals surface area contributed by atoms with Crippen LogP contribution in [-0.4, -0.2) is 15.0 Å². The number of fused-ring (bicyclic) bond motifs is 4. The molecular weight excluding hydrogens is 609 g/mol. The zero-order valence-corrected chi connectivity index (χ0v) is 27.0. The molecule has 1 aromatic heterocycles. The number of nitrogens with zero attached hydrogens (tertiary/aromatic N) is 4. The Balaban J connectivity index is 1.20. The van der Waals surface area contributed by atoms with Gasteiger partial charge in [0.2, 0.25) is 0 Å². The minimum atomic E-state index is 0.588. The normalized spacial score (nSPS) is 11.2. The third-order valence-electron chi connectivity index (χ3n) is 9.36. The minimum absolute atomic E-state index is 0.588. The van der Waals surface area contributed by atoms with Crippen LogP contribution in [0.2, 0.25) is 0 Å². The Hall–Kier alpha value is -6.96. The van der Waals surface area contributed by atoms with Crippen molar-refractivity contribution in [1.29, 1.82) is 5.26 Å². The minimum Gasteiger partial charge on any atom is -0.208 e. The van der Waals surface area contributed by atoms with E-state index in [2.05, 4.69) is 103 Å². The quantitative estimate of drug-likeness (QED) is 0.139. The lowest BCUT2D eigenvalue weighted by Crippen LogP contribution is -2.01. The summed E-state index contributed by atoms with van der Waals surface area (Å²) in [6.07, 6.45) is 0. The molecule has 0 amide bonds. The van der Waals surface area contributed by atoms with Crippen LogP contribution >= 0.6 is 0 Å². The molecule has 4 heteroatoms. The first-order chi connectivity index (χ1) is 24.7. The van der Waals surface area contributed by atoms with Gasteiger partial charge in [-0.05, 0) is 72.8 Å². The first-order valence-electron chi connectivity index (χ1n) is 16.6. The van der Waals surface area contributed by atoms with Gasteiger partial charge in [0.15, 0.2) is 17.5 Å². The Morgan fingerprint density at radius 1 is 0.360 bits per heavy atom. The molecule has 4 nitrogen and oxygen atoms in total. The molecule has 50 heavy (non-hydrogen) atoms. The van der Waals surface area contributed by atoms with Crippen molar-refractivity contribution >= 4 is 32.3 Å². The van der Waals surface area contributed by atoms with Gasteiger partial charge in [-0.2, -0.15) is 5.26 Å². The number of nitriles is 1. The molecule has 0 saturated carbocycles. The molecule has 0 atom stereocenters. The molecule has 0 radical (unpaired) electrons. The van der Waals surface area contributed by atoms with Crippen LogP contribution in [0.5, 0.6) is 0 Å². The second-order valence-electron chi connectivity index (χ2n) is 12.3. The van der Waals surface area contributed by atoms with Gasteiger partial charge in [-0.3, -0.25) is 0 Å². The summed E-state index contributed by atoms with van der Waals surface area (Å²) < 4.78 is 0. The van der Waals surface area contributed by atoms with Crippen LogP contribution in [0.25, 0.3) is 88.7 Å². The molecule has 0 aliphatic heterocycles. The number of aromatic nitrogens is 3. The van der Waals surface area contributed by atoms with Gasteiger partial charge in [-0.25, -0.2) is 15.0 Å². The topological polar surface area (TPSA) is 62.5 Å². The molecular formula is C46H28N4. The first kappa shape index (κ1) is 29.2. The number of benzene rings is 8. The van der Waals surface area contributed by atoms with Crippen molar-refractivity contribution in [2.75, 3.05) is 0 Å². The maximum Gasteiger partial charge on any atom is 0.164 e. The lowest BCUT2D eigenvalue weighted by atomic mass is 9.89. The van der Waals surface area contributed by atoms with E-state index in [-0.39, 0.29) is 0 Å². The van der Waals surface area contributed by atoms with E-state index in [0.717, 1.165) is 33.4 Å². The summed E-state index contributed by atoms with van der Waals surface area (Å²) in [4.78, 5) is 15.1. The van der Waals surface area contributed by atoms with E-state index in [0.29, 0.717) is 23.0 Å². The van der Waals surface area contributed by atoms with Crippen LogP contribution in [0.4, 0.5) is 0 Å². The van der Waals surface area contributed by atoms with Crippen LogP contribution < -0.4 is 0 Å². The zero-order valence-electron chi connectivity index (χ0n) is 27.0. The lowest BCUT2D eigenvalue weighted by molar-refractivity contribution is 1.07. The van der Waals surface area contributed by atoms with E-state index in [1.54, 1.807) is 0 Å². The maximum atomic E-state index is 9.35. The van der Waals surface area contributed by atoms with E-state index in [9.17, 15) is 5.26 Å². The predicted molar refractivity (Wildman–Crippen MR) is 204 cm³/mol. The predicted octanol–water partition coefficient (Wildman–Crippen LogP) is 11.5. The molecule has 0 aliphatic carbocycles. The van der Waals surface area contributed by atoms with E-state index in [1.165, 1.54) is 37.9 Å². The van der Waals surface area contributed by atoms with Crippen LogP contribution in [-0.2, 0) is 0 Å². The molecule has 1 heterocycles. The molecule has 0 N–H and O–H groups in total. The van der Waals surface area contributed by atoms with Gasteiger partial charge >= 0.3 is 0 Å².